The minimum Gasteiger partial charge on any atom is -0.383 e. The predicted molar refractivity (Wildman–Crippen MR) is 77.5 cm³/mol. The summed E-state index contributed by atoms with van der Waals surface area (Å²) in [7, 11) is 1.76. The molecule has 5 nitrogen and oxygen atoms in total. The molecule has 106 valence electrons. The fourth-order valence-corrected chi connectivity index (χ4v) is 2.28. The number of nitrogen functional groups attached to an aromatic ring is 1. The number of nitrogens with two attached hydrogens (primary N) is 1. The molecular weight excluding hydrogens is 240 g/mol. The van der Waals surface area contributed by atoms with Gasteiger partial charge in [-0.2, -0.15) is 0 Å². The highest BCUT2D eigenvalue weighted by atomic mass is 16.5. The molecule has 0 aliphatic carbocycles. The number of rotatable bonds is 2. The van der Waals surface area contributed by atoms with Crippen LogP contribution in [0.15, 0.2) is 0 Å². The van der Waals surface area contributed by atoms with Gasteiger partial charge in [-0.25, -0.2) is 9.97 Å². The van der Waals surface area contributed by atoms with E-state index in [4.69, 9.17) is 15.5 Å². The largest absolute Gasteiger partial charge is 0.383 e. The molecular formula is C14H24N4O. The van der Waals surface area contributed by atoms with E-state index in [9.17, 15) is 0 Å². The highest BCUT2D eigenvalue weighted by Crippen LogP contribution is 2.29. The summed E-state index contributed by atoms with van der Waals surface area (Å²) < 4.78 is 5.41. The third kappa shape index (κ3) is 2.81. The lowest BCUT2D eigenvalue weighted by Gasteiger charge is -2.24. The van der Waals surface area contributed by atoms with Crippen molar-refractivity contribution in [1.82, 2.24) is 9.97 Å². The van der Waals surface area contributed by atoms with E-state index in [1.54, 1.807) is 7.11 Å². The molecule has 5 heteroatoms. The fourth-order valence-electron chi connectivity index (χ4n) is 2.28. The van der Waals surface area contributed by atoms with Gasteiger partial charge in [0.05, 0.1) is 6.10 Å². The van der Waals surface area contributed by atoms with Crippen LogP contribution in [-0.2, 0) is 10.2 Å². The van der Waals surface area contributed by atoms with Gasteiger partial charge in [0.2, 0.25) is 0 Å². The topological polar surface area (TPSA) is 64.3 Å². The molecule has 1 aliphatic heterocycles. The Bertz CT molecular complexity index is 467. The van der Waals surface area contributed by atoms with Gasteiger partial charge < -0.3 is 15.4 Å². The maximum Gasteiger partial charge on any atom is 0.138 e. The molecule has 1 aromatic rings. The summed E-state index contributed by atoms with van der Waals surface area (Å²) in [5.74, 6) is 2.33. The number of aromatic nitrogens is 2. The number of methoxy groups -OCH3 is 1. The van der Waals surface area contributed by atoms with Gasteiger partial charge in [0.1, 0.15) is 17.5 Å². The molecule has 1 fully saturated rings. The number of nitrogens with zero attached hydrogens (tertiary/aromatic N) is 3. The van der Waals surface area contributed by atoms with E-state index >= 15 is 0 Å². The Hall–Kier alpha value is -1.36. The van der Waals surface area contributed by atoms with Gasteiger partial charge in [-0.05, 0) is 13.3 Å². The van der Waals surface area contributed by atoms with Crippen molar-refractivity contribution >= 4 is 11.6 Å². The van der Waals surface area contributed by atoms with E-state index in [0.717, 1.165) is 36.7 Å². The van der Waals surface area contributed by atoms with Crippen LogP contribution in [0.4, 0.5) is 11.6 Å². The second-order valence-corrected chi connectivity index (χ2v) is 6.22. The van der Waals surface area contributed by atoms with E-state index in [2.05, 4.69) is 30.7 Å². The van der Waals surface area contributed by atoms with Crippen LogP contribution in [0.2, 0.25) is 0 Å². The molecule has 0 saturated carbocycles. The van der Waals surface area contributed by atoms with Gasteiger partial charge in [0, 0.05) is 31.2 Å². The summed E-state index contributed by atoms with van der Waals surface area (Å²) in [6, 6.07) is 0. The number of hydrogen-bond acceptors (Lipinski definition) is 5. The smallest absolute Gasteiger partial charge is 0.138 e. The van der Waals surface area contributed by atoms with Gasteiger partial charge in [-0.1, -0.05) is 20.8 Å². The highest BCUT2D eigenvalue weighted by Gasteiger charge is 2.27. The van der Waals surface area contributed by atoms with Crippen LogP contribution in [0.5, 0.6) is 0 Å². The predicted octanol–water partition coefficient (Wildman–Crippen LogP) is 1.89. The Labute approximate surface area is 115 Å². The number of anilines is 2. The number of ether oxygens (including phenoxy) is 1. The third-order valence-corrected chi connectivity index (χ3v) is 3.61. The van der Waals surface area contributed by atoms with Crippen LogP contribution in [0.3, 0.4) is 0 Å². The van der Waals surface area contributed by atoms with E-state index in [1.807, 2.05) is 6.92 Å². The molecule has 2 heterocycles. The Morgan fingerprint density at radius 3 is 2.53 bits per heavy atom. The average Bonchev–Trinajstić information content (AvgIpc) is 2.79. The zero-order valence-corrected chi connectivity index (χ0v) is 12.5. The SMILES string of the molecule is COC1CCN(c2nc(C(C)(C)C)nc(N)c2C)C1. The molecule has 0 radical (unpaired) electrons. The average molecular weight is 264 g/mol. The monoisotopic (exact) mass is 264 g/mol. The van der Waals surface area contributed by atoms with Crippen molar-refractivity contribution in [2.24, 2.45) is 0 Å². The maximum absolute atomic E-state index is 6.04. The first kappa shape index (κ1) is 14.1. The standard InChI is InChI=1S/C14H24N4O/c1-9-11(15)16-13(14(2,3)4)17-12(9)18-7-6-10(8-18)19-5/h10H,6-8H2,1-5H3,(H2,15,16,17). The molecule has 19 heavy (non-hydrogen) atoms. The normalized spacial score (nSPS) is 20.1. The summed E-state index contributed by atoms with van der Waals surface area (Å²) in [4.78, 5) is 11.4. The van der Waals surface area contributed by atoms with Crippen molar-refractivity contribution in [3.8, 4) is 0 Å². The second kappa shape index (κ2) is 4.96. The lowest BCUT2D eigenvalue weighted by Crippen LogP contribution is -2.27. The van der Waals surface area contributed by atoms with Crippen LogP contribution < -0.4 is 10.6 Å². The molecule has 1 aromatic heterocycles. The van der Waals surface area contributed by atoms with E-state index in [-0.39, 0.29) is 11.5 Å². The Balaban J connectivity index is 2.37. The van der Waals surface area contributed by atoms with Crippen molar-refractivity contribution in [2.75, 3.05) is 30.8 Å². The molecule has 2 rings (SSSR count). The van der Waals surface area contributed by atoms with Crippen LogP contribution in [-0.4, -0.2) is 36.3 Å². The fraction of sp³-hybridized carbons (Fsp3) is 0.714. The van der Waals surface area contributed by atoms with Crippen molar-refractivity contribution in [1.29, 1.82) is 0 Å². The summed E-state index contributed by atoms with van der Waals surface area (Å²) in [5, 5.41) is 0. The molecule has 0 aromatic carbocycles. The maximum atomic E-state index is 6.04. The van der Waals surface area contributed by atoms with Crippen molar-refractivity contribution in [3.05, 3.63) is 11.4 Å². The number of hydrogen-bond donors (Lipinski definition) is 1. The Kier molecular flexibility index (Phi) is 3.67. The molecule has 1 aliphatic rings. The van der Waals surface area contributed by atoms with E-state index in [0.29, 0.717) is 5.82 Å². The summed E-state index contributed by atoms with van der Waals surface area (Å²) in [6.07, 6.45) is 1.32. The first-order valence-electron chi connectivity index (χ1n) is 6.75. The summed E-state index contributed by atoms with van der Waals surface area (Å²) in [5.41, 5.74) is 6.91. The van der Waals surface area contributed by atoms with Gasteiger partial charge in [0.25, 0.3) is 0 Å². The minimum absolute atomic E-state index is 0.100. The van der Waals surface area contributed by atoms with Crippen molar-refractivity contribution in [2.45, 2.75) is 45.6 Å². The van der Waals surface area contributed by atoms with E-state index < -0.39 is 0 Å². The van der Waals surface area contributed by atoms with Crippen molar-refractivity contribution < 1.29 is 4.74 Å². The molecule has 1 atom stereocenters. The quantitative estimate of drug-likeness (QED) is 0.883. The summed E-state index contributed by atoms with van der Waals surface area (Å²) >= 11 is 0. The van der Waals surface area contributed by atoms with E-state index in [1.165, 1.54) is 0 Å². The third-order valence-electron chi connectivity index (χ3n) is 3.61. The zero-order chi connectivity index (χ0) is 14.2. The van der Waals surface area contributed by atoms with Crippen LogP contribution in [0.25, 0.3) is 0 Å². The zero-order valence-electron chi connectivity index (χ0n) is 12.5. The van der Waals surface area contributed by atoms with Crippen molar-refractivity contribution in [3.63, 3.8) is 0 Å². The first-order valence-corrected chi connectivity index (χ1v) is 6.75. The Morgan fingerprint density at radius 1 is 1.32 bits per heavy atom. The van der Waals surface area contributed by atoms with Crippen LogP contribution in [0, 0.1) is 6.92 Å². The molecule has 1 saturated heterocycles. The van der Waals surface area contributed by atoms with Gasteiger partial charge in [-0.15, -0.1) is 0 Å². The summed E-state index contributed by atoms with van der Waals surface area (Å²) in [6.45, 7) is 10.1. The first-order chi connectivity index (χ1) is 8.82. The molecule has 0 spiro atoms. The lowest BCUT2D eigenvalue weighted by molar-refractivity contribution is 0.121. The second-order valence-electron chi connectivity index (χ2n) is 6.22. The molecule has 0 bridgehead atoms. The van der Waals surface area contributed by atoms with Crippen LogP contribution in [0.1, 0.15) is 38.6 Å². The molecule has 1 unspecified atom stereocenters. The lowest BCUT2D eigenvalue weighted by atomic mass is 9.95. The highest BCUT2D eigenvalue weighted by molar-refractivity contribution is 5.57. The Morgan fingerprint density at radius 2 is 2.00 bits per heavy atom. The van der Waals surface area contributed by atoms with Crippen LogP contribution >= 0.6 is 0 Å². The minimum atomic E-state index is -0.100. The molecule has 0 amide bonds. The van der Waals surface area contributed by atoms with Gasteiger partial charge in [0.15, 0.2) is 0 Å². The van der Waals surface area contributed by atoms with Gasteiger partial charge >= 0.3 is 0 Å². The molecule has 2 N–H and O–H groups in total. The van der Waals surface area contributed by atoms with Gasteiger partial charge in [-0.3, -0.25) is 0 Å².